The Bertz CT molecular complexity index is 548. The van der Waals surface area contributed by atoms with E-state index in [1.165, 1.54) is 12.8 Å². The third-order valence-electron chi connectivity index (χ3n) is 4.98. The van der Waals surface area contributed by atoms with Crippen molar-refractivity contribution in [2.75, 3.05) is 45.6 Å². The number of guanidine groups is 1. The Morgan fingerprint density at radius 1 is 1.39 bits per heavy atom. The van der Waals surface area contributed by atoms with Crippen molar-refractivity contribution in [1.82, 2.24) is 15.2 Å². The molecule has 2 aliphatic heterocycles. The van der Waals surface area contributed by atoms with Crippen molar-refractivity contribution in [1.29, 1.82) is 0 Å². The molecule has 0 radical (unpaired) electrons. The van der Waals surface area contributed by atoms with Crippen LogP contribution in [0.25, 0.3) is 0 Å². The minimum absolute atomic E-state index is 0. The van der Waals surface area contributed by atoms with Crippen LogP contribution in [0.15, 0.2) is 20.9 Å². The van der Waals surface area contributed by atoms with E-state index in [4.69, 9.17) is 9.47 Å². The molecule has 1 atom stereocenters. The van der Waals surface area contributed by atoms with Crippen LogP contribution in [0.3, 0.4) is 0 Å². The molecule has 3 heterocycles. The van der Waals surface area contributed by atoms with Crippen LogP contribution >= 0.6 is 47.1 Å². The summed E-state index contributed by atoms with van der Waals surface area (Å²) in [5.74, 6) is 2.10. The molecule has 2 fully saturated rings. The van der Waals surface area contributed by atoms with Gasteiger partial charge in [-0.2, -0.15) is 0 Å². The van der Waals surface area contributed by atoms with Gasteiger partial charge >= 0.3 is 0 Å². The van der Waals surface area contributed by atoms with E-state index < -0.39 is 0 Å². The molecule has 0 aromatic carbocycles. The molecule has 1 aromatic rings. The second-order valence-corrected chi connectivity index (χ2v) is 9.22. The first-order valence-electron chi connectivity index (χ1n) is 10.1. The summed E-state index contributed by atoms with van der Waals surface area (Å²) in [7, 11) is 1.87. The van der Waals surface area contributed by atoms with Gasteiger partial charge in [0.25, 0.3) is 0 Å². The Hall–Kier alpha value is -0.100. The molecule has 1 unspecified atom stereocenters. The number of nitrogens with one attached hydrogen (secondary N) is 1. The first kappa shape index (κ1) is 24.2. The van der Waals surface area contributed by atoms with Gasteiger partial charge in [-0.25, -0.2) is 4.98 Å². The van der Waals surface area contributed by atoms with Gasteiger partial charge in [0.1, 0.15) is 4.34 Å². The highest BCUT2D eigenvalue weighted by molar-refractivity contribution is 14.0. The third-order valence-corrected chi connectivity index (χ3v) is 7.04. The van der Waals surface area contributed by atoms with E-state index in [2.05, 4.69) is 20.2 Å². The predicted molar refractivity (Wildman–Crippen MR) is 128 cm³/mol. The molecule has 6 nitrogen and oxygen atoms in total. The van der Waals surface area contributed by atoms with Crippen molar-refractivity contribution >= 4 is 53.0 Å². The number of halogens is 1. The predicted octanol–water partition coefficient (Wildman–Crippen LogP) is 3.87. The SMILES string of the molecule is CN=C(NCCCSc1nccs1)N1CCC(OCC2CCCCO2)CC1.I. The summed E-state index contributed by atoms with van der Waals surface area (Å²) in [6.07, 6.45) is 9.39. The van der Waals surface area contributed by atoms with Crippen LogP contribution in [0.5, 0.6) is 0 Å². The number of ether oxygens (including phenoxy) is 2. The first-order chi connectivity index (χ1) is 13.3. The molecule has 160 valence electrons. The van der Waals surface area contributed by atoms with Crippen molar-refractivity contribution in [3.8, 4) is 0 Å². The minimum atomic E-state index is 0. The zero-order valence-corrected chi connectivity index (χ0v) is 20.6. The van der Waals surface area contributed by atoms with E-state index in [0.717, 1.165) is 74.6 Å². The molecule has 0 saturated carbocycles. The second kappa shape index (κ2) is 14.0. The van der Waals surface area contributed by atoms with Crippen molar-refractivity contribution < 1.29 is 9.47 Å². The second-order valence-electron chi connectivity index (χ2n) is 6.98. The molecule has 0 aliphatic carbocycles. The minimum Gasteiger partial charge on any atom is -0.376 e. The van der Waals surface area contributed by atoms with Crippen LogP contribution in [0.1, 0.15) is 38.5 Å². The lowest BCUT2D eigenvalue weighted by atomic mass is 10.1. The van der Waals surface area contributed by atoms with Gasteiger partial charge < -0.3 is 19.7 Å². The molecular weight excluding hydrogens is 507 g/mol. The van der Waals surface area contributed by atoms with Crippen molar-refractivity contribution in [2.24, 2.45) is 4.99 Å². The van der Waals surface area contributed by atoms with Crippen molar-refractivity contribution in [3.05, 3.63) is 11.6 Å². The lowest BCUT2D eigenvalue weighted by molar-refractivity contribution is -0.0721. The van der Waals surface area contributed by atoms with Gasteiger partial charge in [-0.3, -0.25) is 4.99 Å². The number of nitrogens with zero attached hydrogens (tertiary/aromatic N) is 3. The highest BCUT2D eigenvalue weighted by Crippen LogP contribution is 2.20. The van der Waals surface area contributed by atoms with Gasteiger partial charge in [0.2, 0.25) is 0 Å². The van der Waals surface area contributed by atoms with Gasteiger partial charge in [0.05, 0.1) is 18.8 Å². The zero-order chi connectivity index (χ0) is 18.7. The third kappa shape index (κ3) is 8.33. The van der Waals surface area contributed by atoms with Crippen molar-refractivity contribution in [3.63, 3.8) is 0 Å². The summed E-state index contributed by atoms with van der Waals surface area (Å²) in [5.41, 5.74) is 0. The lowest BCUT2D eigenvalue weighted by Crippen LogP contribution is -2.47. The molecule has 1 N–H and O–H groups in total. The van der Waals surface area contributed by atoms with E-state index in [1.807, 2.05) is 30.4 Å². The van der Waals surface area contributed by atoms with Gasteiger partial charge in [-0.15, -0.1) is 35.3 Å². The fraction of sp³-hybridized carbons (Fsp3) is 0.789. The molecule has 0 amide bonds. The number of thiazole rings is 1. The molecule has 0 bridgehead atoms. The van der Waals surface area contributed by atoms with E-state index in [-0.39, 0.29) is 24.0 Å². The summed E-state index contributed by atoms with van der Waals surface area (Å²) >= 11 is 3.53. The normalized spacial score (nSPS) is 21.4. The number of likely N-dealkylation sites (tertiary alicyclic amines) is 1. The zero-order valence-electron chi connectivity index (χ0n) is 16.7. The van der Waals surface area contributed by atoms with Crippen LogP contribution in [-0.2, 0) is 9.47 Å². The molecule has 28 heavy (non-hydrogen) atoms. The molecule has 1 aromatic heterocycles. The number of piperidine rings is 1. The monoisotopic (exact) mass is 540 g/mol. The maximum atomic E-state index is 6.11. The molecule has 9 heteroatoms. The summed E-state index contributed by atoms with van der Waals surface area (Å²) in [5, 5.41) is 5.53. The number of hydrogen-bond donors (Lipinski definition) is 1. The molecule has 2 aliphatic rings. The maximum absolute atomic E-state index is 6.11. The Balaban J connectivity index is 0.00000280. The Labute approximate surface area is 194 Å². The Morgan fingerprint density at radius 3 is 2.93 bits per heavy atom. The summed E-state index contributed by atoms with van der Waals surface area (Å²) in [6.45, 7) is 4.61. The average molecular weight is 541 g/mol. The first-order valence-corrected chi connectivity index (χ1v) is 11.9. The van der Waals surface area contributed by atoms with Gasteiger partial charge in [0, 0.05) is 50.6 Å². The molecule has 3 rings (SSSR count). The number of rotatable bonds is 8. The van der Waals surface area contributed by atoms with Gasteiger partial charge in [0.15, 0.2) is 5.96 Å². The number of aliphatic imine (C=N–C) groups is 1. The van der Waals surface area contributed by atoms with Gasteiger partial charge in [-0.1, -0.05) is 11.8 Å². The number of aromatic nitrogens is 1. The highest BCUT2D eigenvalue weighted by Gasteiger charge is 2.23. The van der Waals surface area contributed by atoms with Crippen LogP contribution in [-0.4, -0.2) is 73.7 Å². The fourth-order valence-corrected chi connectivity index (χ4v) is 5.11. The quantitative estimate of drug-likeness (QED) is 0.178. The molecular formula is C19H33IN4O2S2. The standard InChI is InChI=1S/C19H32N4O2S2.HI/c1-20-18(21-8-4-13-26-19-22-9-14-27-19)23-10-6-16(7-11-23)25-15-17-5-2-3-12-24-17;/h9,14,16-17H,2-8,10-13,15H2,1H3,(H,20,21);1H. The summed E-state index contributed by atoms with van der Waals surface area (Å²) < 4.78 is 13.0. The van der Waals surface area contributed by atoms with E-state index in [9.17, 15) is 0 Å². The Kier molecular flexibility index (Phi) is 12.1. The highest BCUT2D eigenvalue weighted by atomic mass is 127. The Morgan fingerprint density at radius 2 is 2.25 bits per heavy atom. The van der Waals surface area contributed by atoms with Crippen LogP contribution in [0.2, 0.25) is 0 Å². The molecule has 0 spiro atoms. The van der Waals surface area contributed by atoms with Gasteiger partial charge in [-0.05, 0) is 38.5 Å². The molecule has 2 saturated heterocycles. The topological polar surface area (TPSA) is 59.0 Å². The smallest absolute Gasteiger partial charge is 0.193 e. The van der Waals surface area contributed by atoms with E-state index in [1.54, 1.807) is 11.3 Å². The number of hydrogen-bond acceptors (Lipinski definition) is 6. The van der Waals surface area contributed by atoms with Crippen LogP contribution < -0.4 is 5.32 Å². The van der Waals surface area contributed by atoms with Crippen LogP contribution in [0.4, 0.5) is 0 Å². The maximum Gasteiger partial charge on any atom is 0.193 e. The fourth-order valence-electron chi connectivity index (χ4n) is 3.46. The largest absolute Gasteiger partial charge is 0.376 e. The van der Waals surface area contributed by atoms with E-state index in [0.29, 0.717) is 12.2 Å². The summed E-state index contributed by atoms with van der Waals surface area (Å²) in [4.78, 5) is 11.1. The average Bonchev–Trinajstić information content (AvgIpc) is 3.24. The lowest BCUT2D eigenvalue weighted by Gasteiger charge is -2.35. The van der Waals surface area contributed by atoms with E-state index >= 15 is 0 Å². The van der Waals surface area contributed by atoms with Crippen LogP contribution in [0, 0.1) is 0 Å². The summed E-state index contributed by atoms with van der Waals surface area (Å²) in [6, 6.07) is 0. The number of thioether (sulfide) groups is 1. The van der Waals surface area contributed by atoms with Crippen molar-refractivity contribution in [2.45, 2.75) is 55.1 Å².